The zero-order valence-corrected chi connectivity index (χ0v) is 11.3. The van der Waals surface area contributed by atoms with Crippen molar-refractivity contribution in [3.63, 3.8) is 0 Å². The van der Waals surface area contributed by atoms with Crippen LogP contribution in [0, 0.1) is 13.8 Å². The maximum Gasteiger partial charge on any atom is 0.238 e. The molecule has 0 fully saturated rings. The van der Waals surface area contributed by atoms with Crippen LogP contribution in [-0.4, -0.2) is 18.0 Å². The molecule has 0 unspecified atom stereocenters. The lowest BCUT2D eigenvalue weighted by molar-refractivity contribution is -0.115. The van der Waals surface area contributed by atoms with Crippen molar-refractivity contribution in [1.82, 2.24) is 5.32 Å². The van der Waals surface area contributed by atoms with Crippen LogP contribution in [0.5, 0.6) is 0 Å². The van der Waals surface area contributed by atoms with Crippen molar-refractivity contribution in [1.29, 1.82) is 0 Å². The fraction of sp³-hybridized carbons (Fsp3) is 0.500. The first-order chi connectivity index (χ1) is 7.78. The highest BCUT2D eigenvalue weighted by Gasteiger charge is 2.11. The molecule has 0 bridgehead atoms. The van der Waals surface area contributed by atoms with E-state index in [2.05, 4.69) is 17.6 Å². The molecule has 0 spiro atoms. The van der Waals surface area contributed by atoms with Gasteiger partial charge in [-0.05, 0) is 57.9 Å². The summed E-state index contributed by atoms with van der Waals surface area (Å²) in [6.07, 6.45) is 0. The summed E-state index contributed by atoms with van der Waals surface area (Å²) in [7, 11) is 0. The third-order valence-corrected chi connectivity index (χ3v) is 2.57. The summed E-state index contributed by atoms with van der Waals surface area (Å²) < 4.78 is 0. The van der Waals surface area contributed by atoms with E-state index in [4.69, 9.17) is 0 Å². The topological polar surface area (TPSA) is 41.1 Å². The molecule has 17 heavy (non-hydrogen) atoms. The maximum absolute atomic E-state index is 11.7. The molecule has 0 radical (unpaired) electrons. The molecular formula is C14H22N2O. The van der Waals surface area contributed by atoms with Gasteiger partial charge in [-0.2, -0.15) is 0 Å². The number of carbonyl (C=O) groups excluding carboxylic acids is 1. The van der Waals surface area contributed by atoms with Gasteiger partial charge in [0.05, 0.1) is 6.54 Å². The Hall–Kier alpha value is -1.35. The standard InChI is InChI=1S/C14H22N2O/c1-10-6-7-12(8-11(10)2)16-13(17)9-15-14(3,4)5/h6-8,15H,9H2,1-5H3,(H,16,17). The summed E-state index contributed by atoms with van der Waals surface area (Å²) in [5.74, 6) is -0.0109. The van der Waals surface area contributed by atoms with Gasteiger partial charge in [0.15, 0.2) is 0 Å². The fourth-order valence-electron chi connectivity index (χ4n) is 1.37. The molecule has 94 valence electrons. The third-order valence-electron chi connectivity index (χ3n) is 2.57. The predicted molar refractivity (Wildman–Crippen MR) is 72.3 cm³/mol. The monoisotopic (exact) mass is 234 g/mol. The molecule has 0 aliphatic rings. The Labute approximate surface area is 104 Å². The molecule has 1 aromatic carbocycles. The van der Waals surface area contributed by atoms with Gasteiger partial charge >= 0.3 is 0 Å². The Morgan fingerprint density at radius 3 is 2.35 bits per heavy atom. The molecule has 0 heterocycles. The van der Waals surface area contributed by atoms with E-state index in [9.17, 15) is 4.79 Å². The van der Waals surface area contributed by atoms with Crippen molar-refractivity contribution in [2.75, 3.05) is 11.9 Å². The zero-order valence-electron chi connectivity index (χ0n) is 11.3. The third kappa shape index (κ3) is 5.00. The van der Waals surface area contributed by atoms with Crippen LogP contribution in [0.25, 0.3) is 0 Å². The van der Waals surface area contributed by atoms with E-state index in [-0.39, 0.29) is 11.4 Å². The molecule has 1 amide bonds. The number of benzene rings is 1. The fourth-order valence-corrected chi connectivity index (χ4v) is 1.37. The first-order valence-corrected chi connectivity index (χ1v) is 5.90. The van der Waals surface area contributed by atoms with Crippen molar-refractivity contribution in [3.8, 4) is 0 Å². The molecule has 1 rings (SSSR count). The second-order valence-corrected chi connectivity index (χ2v) is 5.45. The van der Waals surface area contributed by atoms with Gasteiger partial charge in [0.2, 0.25) is 5.91 Å². The smallest absolute Gasteiger partial charge is 0.238 e. The minimum absolute atomic E-state index is 0.0109. The van der Waals surface area contributed by atoms with Crippen LogP contribution in [0.3, 0.4) is 0 Å². The highest BCUT2D eigenvalue weighted by molar-refractivity contribution is 5.92. The number of hydrogen-bond acceptors (Lipinski definition) is 2. The molecule has 0 atom stereocenters. The minimum Gasteiger partial charge on any atom is -0.325 e. The molecule has 3 nitrogen and oxygen atoms in total. The van der Waals surface area contributed by atoms with Crippen LogP contribution < -0.4 is 10.6 Å². The molecule has 0 aromatic heterocycles. The Balaban J connectivity index is 2.54. The number of hydrogen-bond donors (Lipinski definition) is 2. The molecule has 1 aromatic rings. The van der Waals surface area contributed by atoms with Crippen molar-refractivity contribution in [2.45, 2.75) is 40.2 Å². The van der Waals surface area contributed by atoms with Gasteiger partial charge in [-0.15, -0.1) is 0 Å². The Bertz CT molecular complexity index is 405. The van der Waals surface area contributed by atoms with Crippen LogP contribution in [0.2, 0.25) is 0 Å². The van der Waals surface area contributed by atoms with E-state index in [0.29, 0.717) is 6.54 Å². The van der Waals surface area contributed by atoms with Crippen molar-refractivity contribution in [3.05, 3.63) is 29.3 Å². The van der Waals surface area contributed by atoms with Gasteiger partial charge in [-0.3, -0.25) is 4.79 Å². The lowest BCUT2D eigenvalue weighted by Crippen LogP contribution is -2.41. The Kier molecular flexibility index (Phi) is 4.29. The first-order valence-electron chi connectivity index (χ1n) is 5.90. The largest absolute Gasteiger partial charge is 0.325 e. The number of carbonyl (C=O) groups is 1. The predicted octanol–water partition coefficient (Wildman–Crippen LogP) is 2.63. The summed E-state index contributed by atoms with van der Waals surface area (Å²) in [4.78, 5) is 11.7. The molecule has 0 saturated heterocycles. The van der Waals surface area contributed by atoms with Crippen LogP contribution in [0.1, 0.15) is 31.9 Å². The lowest BCUT2D eigenvalue weighted by atomic mass is 10.1. The van der Waals surface area contributed by atoms with Gasteiger partial charge in [0, 0.05) is 11.2 Å². The molecule has 0 aliphatic carbocycles. The van der Waals surface area contributed by atoms with E-state index < -0.39 is 0 Å². The van der Waals surface area contributed by atoms with Crippen LogP contribution in [0.15, 0.2) is 18.2 Å². The van der Waals surface area contributed by atoms with Crippen molar-refractivity contribution < 1.29 is 4.79 Å². The zero-order chi connectivity index (χ0) is 13.1. The molecular weight excluding hydrogens is 212 g/mol. The van der Waals surface area contributed by atoms with Gasteiger partial charge in [-0.25, -0.2) is 0 Å². The first kappa shape index (κ1) is 13.7. The van der Waals surface area contributed by atoms with Crippen molar-refractivity contribution >= 4 is 11.6 Å². The highest BCUT2D eigenvalue weighted by atomic mass is 16.1. The highest BCUT2D eigenvalue weighted by Crippen LogP contribution is 2.13. The number of anilines is 1. The van der Waals surface area contributed by atoms with E-state index in [1.165, 1.54) is 11.1 Å². The Morgan fingerprint density at radius 2 is 1.82 bits per heavy atom. The summed E-state index contributed by atoms with van der Waals surface area (Å²) >= 11 is 0. The summed E-state index contributed by atoms with van der Waals surface area (Å²) in [6, 6.07) is 5.93. The number of amides is 1. The molecule has 0 aliphatic heterocycles. The SMILES string of the molecule is Cc1ccc(NC(=O)CNC(C)(C)C)cc1C. The second kappa shape index (κ2) is 5.32. The van der Waals surface area contributed by atoms with Gasteiger partial charge < -0.3 is 10.6 Å². The van der Waals surface area contributed by atoms with Crippen LogP contribution in [-0.2, 0) is 4.79 Å². The average molecular weight is 234 g/mol. The van der Waals surface area contributed by atoms with Crippen molar-refractivity contribution in [2.24, 2.45) is 0 Å². The number of rotatable bonds is 3. The Morgan fingerprint density at radius 1 is 1.18 bits per heavy atom. The molecule has 2 N–H and O–H groups in total. The average Bonchev–Trinajstić information content (AvgIpc) is 2.20. The quantitative estimate of drug-likeness (QED) is 0.844. The van der Waals surface area contributed by atoms with Gasteiger partial charge in [0.25, 0.3) is 0 Å². The maximum atomic E-state index is 11.7. The van der Waals surface area contributed by atoms with E-state index in [0.717, 1.165) is 5.69 Å². The van der Waals surface area contributed by atoms with E-state index in [1.807, 2.05) is 45.9 Å². The number of nitrogens with one attached hydrogen (secondary N) is 2. The normalized spacial score (nSPS) is 11.4. The second-order valence-electron chi connectivity index (χ2n) is 5.45. The van der Waals surface area contributed by atoms with E-state index >= 15 is 0 Å². The van der Waals surface area contributed by atoms with E-state index in [1.54, 1.807) is 0 Å². The summed E-state index contributed by atoms with van der Waals surface area (Å²) in [5, 5.41) is 6.04. The van der Waals surface area contributed by atoms with Gasteiger partial charge in [0.1, 0.15) is 0 Å². The molecule has 0 saturated carbocycles. The van der Waals surface area contributed by atoms with Gasteiger partial charge in [-0.1, -0.05) is 6.07 Å². The summed E-state index contributed by atoms with van der Waals surface area (Å²) in [6.45, 7) is 10.5. The van der Waals surface area contributed by atoms with Crippen LogP contribution in [0.4, 0.5) is 5.69 Å². The summed E-state index contributed by atoms with van der Waals surface area (Å²) in [5.41, 5.74) is 3.23. The molecule has 3 heteroatoms. The number of aryl methyl sites for hydroxylation is 2. The lowest BCUT2D eigenvalue weighted by Gasteiger charge is -2.20. The minimum atomic E-state index is -0.0411. The van der Waals surface area contributed by atoms with Crippen LogP contribution >= 0.6 is 0 Å².